The molecule has 0 atom stereocenters. The van der Waals surface area contributed by atoms with Crippen molar-refractivity contribution in [2.45, 2.75) is 6.92 Å². The van der Waals surface area contributed by atoms with Crippen LogP contribution in [0.25, 0.3) is 0 Å². The van der Waals surface area contributed by atoms with Gasteiger partial charge in [-0.3, -0.25) is 9.59 Å². The molecule has 0 saturated carbocycles. The zero-order chi connectivity index (χ0) is 15.6. The summed E-state index contributed by atoms with van der Waals surface area (Å²) in [5.41, 5.74) is 0.949. The summed E-state index contributed by atoms with van der Waals surface area (Å²) in [5, 5.41) is 15.4. The minimum atomic E-state index is -1.02. The van der Waals surface area contributed by atoms with Gasteiger partial charge in [0.05, 0.1) is 5.56 Å². The molecule has 1 aromatic carbocycles. The third-order valence-corrected chi connectivity index (χ3v) is 2.91. The first-order chi connectivity index (χ1) is 9.88. The van der Waals surface area contributed by atoms with Crippen molar-refractivity contribution in [1.29, 1.82) is 0 Å². The predicted octanol–water partition coefficient (Wildman–Crippen LogP) is 1.04. The van der Waals surface area contributed by atoms with Gasteiger partial charge in [-0.1, -0.05) is 0 Å². The van der Waals surface area contributed by atoms with Crippen LogP contribution in [0.15, 0.2) is 35.1 Å². The summed E-state index contributed by atoms with van der Waals surface area (Å²) in [4.78, 5) is 34.1. The Morgan fingerprint density at radius 1 is 1.24 bits per heavy atom. The molecule has 0 unspecified atom stereocenters. The van der Waals surface area contributed by atoms with E-state index in [9.17, 15) is 14.4 Å². The van der Waals surface area contributed by atoms with Gasteiger partial charge in [0.25, 0.3) is 11.5 Å². The molecular weight excluding hydrogens is 274 g/mol. The maximum atomic E-state index is 12.0. The van der Waals surface area contributed by atoms with Gasteiger partial charge in [-0.2, -0.15) is 5.10 Å². The molecule has 2 aromatic rings. The molecule has 7 nitrogen and oxygen atoms in total. The van der Waals surface area contributed by atoms with Crippen molar-refractivity contribution in [1.82, 2.24) is 9.78 Å². The van der Waals surface area contributed by atoms with Crippen LogP contribution < -0.4 is 10.9 Å². The largest absolute Gasteiger partial charge is 0.478 e. The molecule has 0 bridgehead atoms. The van der Waals surface area contributed by atoms with Crippen LogP contribution in [0.4, 0.5) is 5.69 Å². The van der Waals surface area contributed by atoms with Crippen molar-refractivity contribution in [2.24, 2.45) is 7.05 Å². The second-order valence-corrected chi connectivity index (χ2v) is 4.47. The highest BCUT2D eigenvalue weighted by Gasteiger charge is 2.11. The van der Waals surface area contributed by atoms with E-state index < -0.39 is 11.9 Å². The molecule has 1 heterocycles. The Kier molecular flexibility index (Phi) is 3.84. The summed E-state index contributed by atoms with van der Waals surface area (Å²) >= 11 is 0. The van der Waals surface area contributed by atoms with Crippen molar-refractivity contribution >= 4 is 17.6 Å². The normalized spacial score (nSPS) is 10.2. The maximum absolute atomic E-state index is 12.0. The number of carboxylic acid groups (broad SMARTS) is 1. The van der Waals surface area contributed by atoms with Crippen LogP contribution in [-0.4, -0.2) is 26.8 Å². The molecule has 0 radical (unpaired) electrons. The summed E-state index contributed by atoms with van der Waals surface area (Å²) in [6.45, 7) is 1.64. The van der Waals surface area contributed by atoms with Crippen LogP contribution in [0.3, 0.4) is 0 Å². The lowest BCUT2D eigenvalue weighted by Crippen LogP contribution is -2.23. The molecule has 0 fully saturated rings. The zero-order valence-electron chi connectivity index (χ0n) is 11.5. The fraction of sp³-hybridized carbons (Fsp3) is 0.143. The van der Waals surface area contributed by atoms with E-state index in [1.807, 2.05) is 0 Å². The first-order valence-corrected chi connectivity index (χ1v) is 6.08. The van der Waals surface area contributed by atoms with E-state index in [0.29, 0.717) is 11.3 Å². The molecule has 21 heavy (non-hydrogen) atoms. The topological polar surface area (TPSA) is 101 Å². The Bertz CT molecular complexity index is 780. The minimum Gasteiger partial charge on any atom is -0.478 e. The Balaban J connectivity index is 2.23. The van der Waals surface area contributed by atoms with E-state index >= 15 is 0 Å². The molecule has 2 N–H and O–H groups in total. The first kappa shape index (κ1) is 14.4. The molecule has 7 heteroatoms. The number of aryl methyl sites for hydroxylation is 2. The maximum Gasteiger partial charge on any atom is 0.335 e. The highest BCUT2D eigenvalue weighted by atomic mass is 16.4. The number of carboxylic acids is 1. The van der Waals surface area contributed by atoms with Gasteiger partial charge in [-0.15, -0.1) is 0 Å². The van der Waals surface area contributed by atoms with E-state index in [-0.39, 0.29) is 16.8 Å². The van der Waals surface area contributed by atoms with Gasteiger partial charge in [0.15, 0.2) is 0 Å². The second-order valence-electron chi connectivity index (χ2n) is 4.47. The number of hydrogen-bond acceptors (Lipinski definition) is 4. The summed E-state index contributed by atoms with van der Waals surface area (Å²) in [7, 11) is 1.45. The number of nitrogens with zero attached hydrogens (tertiary/aromatic N) is 2. The molecule has 0 aliphatic rings. The molecular formula is C14H13N3O4. The second kappa shape index (κ2) is 5.58. The van der Waals surface area contributed by atoms with Gasteiger partial charge in [0, 0.05) is 18.8 Å². The van der Waals surface area contributed by atoms with Gasteiger partial charge in [-0.05, 0) is 36.8 Å². The number of hydrogen-bond donors (Lipinski definition) is 2. The minimum absolute atomic E-state index is 0.0945. The standard InChI is InChI=1S/C14H13N3O4/c1-8-7-9(3-4-10(8)14(20)21)15-13(19)11-5-6-12(18)17(2)16-11/h3-7H,1-2H3,(H,15,19)(H,20,21). The lowest BCUT2D eigenvalue weighted by atomic mass is 10.1. The molecule has 0 spiro atoms. The Morgan fingerprint density at radius 2 is 1.95 bits per heavy atom. The van der Waals surface area contributed by atoms with Crippen LogP contribution in [0, 0.1) is 6.92 Å². The van der Waals surface area contributed by atoms with E-state index in [1.54, 1.807) is 13.0 Å². The molecule has 0 aliphatic carbocycles. The lowest BCUT2D eigenvalue weighted by molar-refractivity contribution is 0.0696. The molecule has 2 rings (SSSR count). The summed E-state index contributed by atoms with van der Waals surface area (Å²) < 4.78 is 1.06. The van der Waals surface area contributed by atoms with Crippen LogP contribution >= 0.6 is 0 Å². The van der Waals surface area contributed by atoms with Crippen molar-refractivity contribution in [3.05, 3.63) is 57.5 Å². The Morgan fingerprint density at radius 3 is 2.52 bits per heavy atom. The number of carbonyl (C=O) groups excluding carboxylic acids is 1. The number of anilines is 1. The van der Waals surface area contributed by atoms with Crippen molar-refractivity contribution < 1.29 is 14.7 Å². The molecule has 108 valence electrons. The van der Waals surface area contributed by atoms with E-state index in [0.717, 1.165) is 4.68 Å². The van der Waals surface area contributed by atoms with Crippen LogP contribution in [-0.2, 0) is 7.05 Å². The number of aromatic nitrogens is 2. The predicted molar refractivity (Wildman–Crippen MR) is 75.6 cm³/mol. The molecule has 1 amide bonds. The number of rotatable bonds is 3. The van der Waals surface area contributed by atoms with Gasteiger partial charge >= 0.3 is 5.97 Å². The van der Waals surface area contributed by atoms with Crippen molar-refractivity contribution in [3.63, 3.8) is 0 Å². The quantitative estimate of drug-likeness (QED) is 0.878. The highest BCUT2D eigenvalue weighted by molar-refractivity contribution is 6.03. The van der Waals surface area contributed by atoms with E-state index in [1.165, 1.54) is 31.3 Å². The number of benzene rings is 1. The van der Waals surface area contributed by atoms with Crippen LogP contribution in [0.5, 0.6) is 0 Å². The first-order valence-electron chi connectivity index (χ1n) is 6.08. The Hall–Kier alpha value is -2.96. The zero-order valence-corrected chi connectivity index (χ0v) is 11.5. The average molecular weight is 287 g/mol. The number of nitrogens with one attached hydrogen (secondary N) is 1. The summed E-state index contributed by atoms with van der Waals surface area (Å²) in [6.07, 6.45) is 0. The third kappa shape index (κ3) is 3.14. The number of carbonyl (C=O) groups is 2. The molecule has 0 saturated heterocycles. The highest BCUT2D eigenvalue weighted by Crippen LogP contribution is 2.15. The third-order valence-electron chi connectivity index (χ3n) is 2.91. The lowest BCUT2D eigenvalue weighted by Gasteiger charge is -2.07. The SMILES string of the molecule is Cc1cc(NC(=O)c2ccc(=O)n(C)n2)ccc1C(=O)O. The number of aromatic carboxylic acids is 1. The molecule has 1 aromatic heterocycles. The van der Waals surface area contributed by atoms with Gasteiger partial charge in [0.1, 0.15) is 5.69 Å². The Labute approximate surface area is 119 Å². The van der Waals surface area contributed by atoms with E-state index in [2.05, 4.69) is 10.4 Å². The van der Waals surface area contributed by atoms with Gasteiger partial charge in [0.2, 0.25) is 0 Å². The van der Waals surface area contributed by atoms with E-state index in [4.69, 9.17) is 5.11 Å². The van der Waals surface area contributed by atoms with Gasteiger partial charge < -0.3 is 10.4 Å². The molecule has 0 aliphatic heterocycles. The summed E-state index contributed by atoms with van der Waals surface area (Å²) in [5.74, 6) is -1.50. The van der Waals surface area contributed by atoms with Crippen molar-refractivity contribution in [3.8, 4) is 0 Å². The average Bonchev–Trinajstić information content (AvgIpc) is 2.41. The monoisotopic (exact) mass is 287 g/mol. The summed E-state index contributed by atoms with van der Waals surface area (Å²) in [6, 6.07) is 7.05. The van der Waals surface area contributed by atoms with Gasteiger partial charge in [-0.25, -0.2) is 9.48 Å². The smallest absolute Gasteiger partial charge is 0.335 e. The van der Waals surface area contributed by atoms with Crippen LogP contribution in [0.1, 0.15) is 26.4 Å². The fourth-order valence-electron chi connectivity index (χ4n) is 1.80. The fourth-order valence-corrected chi connectivity index (χ4v) is 1.80. The van der Waals surface area contributed by atoms with Crippen molar-refractivity contribution in [2.75, 3.05) is 5.32 Å². The number of amides is 1. The van der Waals surface area contributed by atoms with Crippen LogP contribution in [0.2, 0.25) is 0 Å².